The highest BCUT2D eigenvalue weighted by molar-refractivity contribution is 4.31. The molecule has 0 fully saturated rings. The Morgan fingerprint density at radius 3 is 1.75 bits per heavy atom. The maximum Gasteiger partial charge on any atom is 0.0852 e. The van der Waals surface area contributed by atoms with E-state index in [0.29, 0.717) is 13.2 Å². The predicted molar refractivity (Wildman–Crippen MR) is 51.1 cm³/mol. The van der Waals surface area contributed by atoms with Crippen molar-refractivity contribution in [3.8, 4) is 0 Å². The van der Waals surface area contributed by atoms with Crippen LogP contribution in [0.25, 0.3) is 0 Å². The van der Waals surface area contributed by atoms with Gasteiger partial charge in [-0.3, -0.25) is 0 Å². The zero-order valence-electron chi connectivity index (χ0n) is 10.9. The summed E-state index contributed by atoms with van der Waals surface area (Å²) in [6.45, 7) is 4.72. The Morgan fingerprint density at radius 2 is 1.20 bits per heavy atom. The molecular weight excluding hydrogens is 290 g/mol. The van der Waals surface area contributed by atoms with Crippen molar-refractivity contribution >= 4 is 0 Å². The van der Waals surface area contributed by atoms with Crippen molar-refractivity contribution < 1.29 is 60.3 Å². The molecule has 0 atom stereocenters. The van der Waals surface area contributed by atoms with Crippen molar-refractivity contribution in [1.29, 1.82) is 0 Å². The van der Waals surface area contributed by atoms with Crippen molar-refractivity contribution in [3.05, 3.63) is 0 Å². The van der Waals surface area contributed by atoms with Gasteiger partial charge in [-0.15, -0.1) is 4.99 Å². The van der Waals surface area contributed by atoms with E-state index in [1.54, 1.807) is 0 Å². The Hall–Kier alpha value is -0.520. The third-order valence-electron chi connectivity index (χ3n) is 1.31. The van der Waals surface area contributed by atoms with Gasteiger partial charge in [-0.1, -0.05) is 20.3 Å². The summed E-state index contributed by atoms with van der Waals surface area (Å²) in [4.78, 5) is 8.60. The van der Waals surface area contributed by atoms with Gasteiger partial charge in [-0.25, -0.2) is 4.89 Å². The van der Waals surface area contributed by atoms with Crippen LogP contribution in [0.3, 0.4) is 0 Å². The van der Waals surface area contributed by atoms with Crippen LogP contribution in [0.15, 0.2) is 0 Å². The second-order valence-electron chi connectivity index (χ2n) is 2.83. The molecule has 13 nitrogen and oxygen atoms in total. The highest BCUT2D eigenvalue weighted by atomic mass is 18.0. The van der Waals surface area contributed by atoms with E-state index in [2.05, 4.69) is 65.7 Å². The zero-order valence-corrected chi connectivity index (χ0v) is 10.9. The molecule has 0 aliphatic rings. The molecule has 0 saturated carbocycles. The molecule has 0 heterocycles. The summed E-state index contributed by atoms with van der Waals surface area (Å²) in [5.74, 6) is 0. The van der Waals surface area contributed by atoms with Gasteiger partial charge in [-0.05, 0) is 63.2 Å². The fourth-order valence-electron chi connectivity index (χ4n) is 0.556. The topological polar surface area (TPSA) is 123 Å². The van der Waals surface area contributed by atoms with Crippen molar-refractivity contribution in [2.24, 2.45) is 0 Å². The van der Waals surface area contributed by atoms with Gasteiger partial charge < -0.3 is 0 Å². The van der Waals surface area contributed by atoms with E-state index in [1.807, 2.05) is 13.8 Å². The smallest absolute Gasteiger partial charge is 0.0852 e. The second kappa shape index (κ2) is 18.5. The molecule has 13 heteroatoms. The van der Waals surface area contributed by atoms with E-state index in [0.717, 1.165) is 19.3 Å². The molecule has 0 saturated heterocycles. The molecule has 0 aromatic carbocycles. The number of hydrogen-bond donors (Lipinski definition) is 1. The first-order valence-corrected chi connectivity index (χ1v) is 5.59. The molecule has 0 amide bonds. The molecule has 0 rings (SSSR count). The molecule has 1 N–H and O–H groups in total. The van der Waals surface area contributed by atoms with Gasteiger partial charge in [0.1, 0.15) is 0 Å². The van der Waals surface area contributed by atoms with Crippen LogP contribution in [0.2, 0.25) is 0 Å². The molecule has 0 aromatic rings. The van der Waals surface area contributed by atoms with Gasteiger partial charge >= 0.3 is 0 Å². The summed E-state index contributed by atoms with van der Waals surface area (Å²) >= 11 is 0. The van der Waals surface area contributed by atoms with Crippen LogP contribution in [0.5, 0.6) is 0 Å². The monoisotopic (exact) mass is 307 g/mol. The van der Waals surface area contributed by atoms with Crippen LogP contribution >= 0.6 is 0 Å². The Bertz CT molecular complexity index is 156. The molecule has 0 aromatic heterocycles. The van der Waals surface area contributed by atoms with Gasteiger partial charge in [0.2, 0.25) is 0 Å². The second-order valence-corrected chi connectivity index (χ2v) is 2.83. The summed E-state index contributed by atoms with van der Waals surface area (Å²) in [7, 11) is 0. The van der Waals surface area contributed by atoms with E-state index in [-0.39, 0.29) is 0 Å². The maximum atomic E-state index is 4.35. The van der Waals surface area contributed by atoms with Gasteiger partial charge in [0.15, 0.2) is 0 Å². The lowest BCUT2D eigenvalue weighted by molar-refractivity contribution is -0.864. The van der Waals surface area contributed by atoms with Crippen LogP contribution in [0.1, 0.15) is 33.1 Å². The first-order valence-electron chi connectivity index (χ1n) is 5.59. The van der Waals surface area contributed by atoms with Crippen molar-refractivity contribution in [3.63, 3.8) is 0 Å². The highest BCUT2D eigenvalue weighted by Crippen LogP contribution is 1.91. The normalized spacial score (nSPS) is 11.1. The van der Waals surface area contributed by atoms with Crippen LogP contribution < -0.4 is 5.48 Å². The zero-order chi connectivity index (χ0) is 14.7. The Balaban J connectivity index is 2.89. The van der Waals surface area contributed by atoms with Crippen molar-refractivity contribution in [2.45, 2.75) is 33.1 Å². The minimum Gasteiger partial charge on any atom is -0.204 e. The molecule has 20 heavy (non-hydrogen) atoms. The Morgan fingerprint density at radius 1 is 0.650 bits per heavy atom. The van der Waals surface area contributed by atoms with E-state index >= 15 is 0 Å². The van der Waals surface area contributed by atoms with E-state index in [9.17, 15) is 0 Å². The number of unbranched alkanes of at least 4 members (excludes halogenated alkanes) is 1. The summed E-state index contributed by atoms with van der Waals surface area (Å²) in [6.07, 6.45) is 2.60. The third kappa shape index (κ3) is 17.5. The van der Waals surface area contributed by atoms with Crippen molar-refractivity contribution in [2.75, 3.05) is 13.2 Å². The average molecular weight is 307 g/mol. The Kier molecular flexibility index (Phi) is 18.0. The van der Waals surface area contributed by atoms with Gasteiger partial charge in [0.05, 0.1) is 6.61 Å². The fraction of sp³-hybridized carbons (Fsp3) is 1.00. The molecular formula is C7H17NO12. The van der Waals surface area contributed by atoms with Crippen molar-refractivity contribution in [1.82, 2.24) is 5.48 Å². The maximum absolute atomic E-state index is 4.35. The standard InChI is InChI=1S/C7H17NO12/c1-3-5-6-8-10-12-14-16-18-20-19-17-15-13-11-9-7-4-2/h8H,3-7H2,1-2H3. The van der Waals surface area contributed by atoms with Crippen LogP contribution in [-0.2, 0) is 60.3 Å². The fourth-order valence-corrected chi connectivity index (χ4v) is 0.556. The van der Waals surface area contributed by atoms with Gasteiger partial charge in [-0.2, -0.15) is 5.48 Å². The van der Waals surface area contributed by atoms with Gasteiger partial charge in [0, 0.05) is 6.54 Å². The summed E-state index contributed by atoms with van der Waals surface area (Å²) < 4.78 is 0. The quantitative estimate of drug-likeness (QED) is 0.233. The largest absolute Gasteiger partial charge is 0.204 e. The SMILES string of the molecule is CCCCNOOOOOOOOOOOOCCC. The molecule has 0 radical (unpaired) electrons. The van der Waals surface area contributed by atoms with Crippen LogP contribution in [0, 0.1) is 0 Å². The molecule has 0 aliphatic carbocycles. The van der Waals surface area contributed by atoms with E-state index in [1.165, 1.54) is 0 Å². The highest BCUT2D eigenvalue weighted by Gasteiger charge is 1.97. The third-order valence-corrected chi connectivity index (χ3v) is 1.31. The molecule has 0 aliphatic heterocycles. The molecule has 0 unspecified atom stereocenters. The van der Waals surface area contributed by atoms with E-state index in [4.69, 9.17) is 0 Å². The minimum atomic E-state index is 0.296. The van der Waals surface area contributed by atoms with Gasteiger partial charge in [0.25, 0.3) is 0 Å². The lowest BCUT2D eigenvalue weighted by atomic mass is 10.3. The summed E-state index contributed by atoms with van der Waals surface area (Å²) in [6, 6.07) is 0. The Labute approximate surface area is 113 Å². The van der Waals surface area contributed by atoms with Crippen LogP contribution in [-0.4, -0.2) is 13.2 Å². The number of rotatable bonds is 17. The first kappa shape index (κ1) is 19.5. The number of hydroxylamine groups is 1. The first-order chi connectivity index (χ1) is 9.91. The molecule has 0 bridgehead atoms. The van der Waals surface area contributed by atoms with E-state index < -0.39 is 0 Å². The lowest BCUT2D eigenvalue weighted by Gasteiger charge is -2.01. The summed E-state index contributed by atoms with van der Waals surface area (Å²) in [5.41, 5.74) is 2.38. The number of hydrogen-bond acceptors (Lipinski definition) is 13. The summed E-state index contributed by atoms with van der Waals surface area (Å²) in [5, 5.41) is 37.7. The van der Waals surface area contributed by atoms with Crippen LogP contribution in [0.4, 0.5) is 0 Å². The lowest BCUT2D eigenvalue weighted by Crippen LogP contribution is -2.16. The average Bonchev–Trinajstić information content (AvgIpc) is 2.47. The molecule has 122 valence electrons. The minimum absolute atomic E-state index is 0.296. The predicted octanol–water partition coefficient (Wildman–Crippen LogP) is 0.965. The number of nitrogens with one attached hydrogen (secondary N) is 1. The molecule has 0 spiro atoms.